The van der Waals surface area contributed by atoms with Crippen LogP contribution >= 0.6 is 11.3 Å². The highest BCUT2D eigenvalue weighted by atomic mass is 32.1. The summed E-state index contributed by atoms with van der Waals surface area (Å²) in [6.07, 6.45) is 5.71. The molecule has 0 spiro atoms. The fraction of sp³-hybridized carbons (Fsp3) is 0.522. The number of carbonyl (C=O) groups is 2. The average Bonchev–Trinajstić information content (AvgIpc) is 3.24. The van der Waals surface area contributed by atoms with Gasteiger partial charge in [0.2, 0.25) is 5.91 Å². The van der Waals surface area contributed by atoms with E-state index in [-0.39, 0.29) is 17.8 Å². The summed E-state index contributed by atoms with van der Waals surface area (Å²) >= 11 is 1.40. The van der Waals surface area contributed by atoms with E-state index in [2.05, 4.69) is 15.2 Å². The van der Waals surface area contributed by atoms with E-state index in [9.17, 15) is 14.0 Å². The number of piperidine rings is 1. The lowest BCUT2D eigenvalue weighted by Gasteiger charge is -2.35. The molecule has 2 aromatic rings. The Labute approximate surface area is 192 Å². The van der Waals surface area contributed by atoms with Crippen molar-refractivity contribution in [3.8, 4) is 0 Å². The molecule has 9 heteroatoms. The van der Waals surface area contributed by atoms with Gasteiger partial charge in [0.25, 0.3) is 0 Å². The van der Waals surface area contributed by atoms with Crippen LogP contribution in [0.4, 0.5) is 14.3 Å². The third-order valence-corrected chi connectivity index (χ3v) is 7.02. The lowest BCUT2D eigenvalue weighted by molar-refractivity contribution is -0.133. The summed E-state index contributed by atoms with van der Waals surface area (Å²) in [4.78, 5) is 36.2. The number of rotatable bonds is 5. The van der Waals surface area contributed by atoms with E-state index in [1.807, 2.05) is 11.0 Å². The summed E-state index contributed by atoms with van der Waals surface area (Å²) in [6, 6.07) is 5.05. The molecule has 1 N–H and O–H groups in total. The second-order valence-electron chi connectivity index (χ2n) is 8.53. The number of halogens is 1. The smallest absolute Gasteiger partial charge is 0.323 e. The van der Waals surface area contributed by atoms with Crippen molar-refractivity contribution in [2.24, 2.45) is 0 Å². The lowest BCUT2D eigenvalue weighted by atomic mass is 10.1. The average molecular weight is 460 g/mol. The zero-order valence-corrected chi connectivity index (χ0v) is 19.3. The molecule has 1 aromatic carbocycles. The Morgan fingerprint density at radius 1 is 1.06 bits per heavy atom. The molecule has 4 rings (SSSR count). The SMILES string of the molecule is Cc1ccc(Cc2cnc(NC(=O)N3CCN(CC(=O)N4CCCCC4)CC3)s2)cc1F. The summed E-state index contributed by atoms with van der Waals surface area (Å²) in [7, 11) is 0. The van der Waals surface area contributed by atoms with E-state index in [1.54, 1.807) is 30.2 Å². The minimum atomic E-state index is -0.211. The lowest BCUT2D eigenvalue weighted by Crippen LogP contribution is -2.52. The highest BCUT2D eigenvalue weighted by Crippen LogP contribution is 2.22. The Hall–Kier alpha value is -2.52. The van der Waals surface area contributed by atoms with E-state index in [0.29, 0.717) is 49.8 Å². The first-order valence-electron chi connectivity index (χ1n) is 11.2. The monoisotopic (exact) mass is 459 g/mol. The van der Waals surface area contributed by atoms with Gasteiger partial charge in [-0.25, -0.2) is 14.2 Å². The van der Waals surface area contributed by atoms with E-state index in [1.165, 1.54) is 17.8 Å². The number of carbonyl (C=O) groups excluding carboxylic acids is 2. The molecule has 0 radical (unpaired) electrons. The summed E-state index contributed by atoms with van der Waals surface area (Å²) in [5.41, 5.74) is 1.51. The van der Waals surface area contributed by atoms with Crippen molar-refractivity contribution in [1.82, 2.24) is 19.7 Å². The number of aryl methyl sites for hydroxylation is 1. The Morgan fingerprint density at radius 3 is 2.53 bits per heavy atom. The van der Waals surface area contributed by atoms with Gasteiger partial charge in [-0.15, -0.1) is 11.3 Å². The normalized spacial score (nSPS) is 17.4. The third-order valence-electron chi connectivity index (χ3n) is 6.11. The van der Waals surface area contributed by atoms with Crippen LogP contribution in [0, 0.1) is 12.7 Å². The Morgan fingerprint density at radius 2 is 1.81 bits per heavy atom. The number of benzene rings is 1. The zero-order valence-electron chi connectivity index (χ0n) is 18.5. The summed E-state index contributed by atoms with van der Waals surface area (Å²) in [5, 5.41) is 3.41. The molecule has 2 aliphatic rings. The number of thiazole rings is 1. The molecular formula is C23H30FN5O2S. The molecule has 172 valence electrons. The Kier molecular flexibility index (Phi) is 7.36. The molecule has 0 aliphatic carbocycles. The van der Waals surface area contributed by atoms with E-state index >= 15 is 0 Å². The molecule has 0 unspecified atom stereocenters. The second kappa shape index (κ2) is 10.4. The number of anilines is 1. The largest absolute Gasteiger partial charge is 0.342 e. The van der Waals surface area contributed by atoms with Gasteiger partial charge < -0.3 is 9.80 Å². The molecule has 3 heterocycles. The van der Waals surface area contributed by atoms with Crippen molar-refractivity contribution in [1.29, 1.82) is 0 Å². The first-order chi connectivity index (χ1) is 15.5. The Balaban J connectivity index is 1.23. The topological polar surface area (TPSA) is 68.8 Å². The molecule has 2 aliphatic heterocycles. The zero-order chi connectivity index (χ0) is 22.5. The minimum absolute atomic E-state index is 0.172. The molecule has 7 nitrogen and oxygen atoms in total. The number of hydrogen-bond donors (Lipinski definition) is 1. The van der Waals surface area contributed by atoms with Crippen molar-refractivity contribution >= 4 is 28.4 Å². The van der Waals surface area contributed by atoms with Gasteiger partial charge in [-0.3, -0.25) is 15.0 Å². The number of hydrogen-bond acceptors (Lipinski definition) is 5. The van der Waals surface area contributed by atoms with Crippen LogP contribution in [-0.2, 0) is 11.2 Å². The van der Waals surface area contributed by atoms with Crippen LogP contribution in [0.5, 0.6) is 0 Å². The number of amides is 3. The fourth-order valence-corrected chi connectivity index (χ4v) is 4.95. The van der Waals surface area contributed by atoms with Gasteiger partial charge in [0.15, 0.2) is 5.13 Å². The summed E-state index contributed by atoms with van der Waals surface area (Å²) in [5.74, 6) is -0.0105. The second-order valence-corrected chi connectivity index (χ2v) is 9.64. The van der Waals surface area contributed by atoms with Gasteiger partial charge in [-0.05, 0) is 43.4 Å². The molecule has 3 amide bonds. The van der Waals surface area contributed by atoms with Gasteiger partial charge in [-0.2, -0.15) is 0 Å². The van der Waals surface area contributed by atoms with Crippen molar-refractivity contribution in [3.05, 3.63) is 46.2 Å². The fourth-order valence-electron chi connectivity index (χ4n) is 4.11. The van der Waals surface area contributed by atoms with Crippen LogP contribution in [0.1, 0.15) is 35.3 Å². The standard InChI is InChI=1S/C23H30FN5O2S/c1-17-5-6-18(14-20(17)24)13-19-15-25-22(32-19)26-23(31)29-11-9-27(10-12-29)16-21(30)28-7-3-2-4-8-28/h5-6,14-15H,2-4,7-13,16H2,1H3,(H,25,26,31). The van der Waals surface area contributed by atoms with Crippen molar-refractivity contribution < 1.29 is 14.0 Å². The minimum Gasteiger partial charge on any atom is -0.342 e. The van der Waals surface area contributed by atoms with Gasteiger partial charge in [-0.1, -0.05) is 12.1 Å². The first-order valence-corrected chi connectivity index (χ1v) is 12.1. The van der Waals surface area contributed by atoms with Gasteiger partial charge in [0.05, 0.1) is 6.54 Å². The van der Waals surface area contributed by atoms with Crippen LogP contribution in [-0.4, -0.2) is 77.4 Å². The number of nitrogens with zero attached hydrogens (tertiary/aromatic N) is 4. The maximum atomic E-state index is 13.8. The molecule has 2 fully saturated rings. The van der Waals surface area contributed by atoms with E-state index < -0.39 is 0 Å². The number of likely N-dealkylation sites (tertiary alicyclic amines) is 1. The van der Waals surface area contributed by atoms with Crippen LogP contribution in [0.15, 0.2) is 24.4 Å². The van der Waals surface area contributed by atoms with Crippen LogP contribution in [0.25, 0.3) is 0 Å². The maximum absolute atomic E-state index is 13.8. The predicted octanol–water partition coefficient (Wildman–Crippen LogP) is 3.34. The molecule has 32 heavy (non-hydrogen) atoms. The van der Waals surface area contributed by atoms with E-state index in [4.69, 9.17) is 0 Å². The molecule has 0 bridgehead atoms. The van der Waals surface area contributed by atoms with Crippen LogP contribution < -0.4 is 5.32 Å². The first kappa shape index (κ1) is 22.7. The highest BCUT2D eigenvalue weighted by Gasteiger charge is 2.25. The van der Waals surface area contributed by atoms with Crippen LogP contribution in [0.2, 0.25) is 0 Å². The predicted molar refractivity (Wildman–Crippen MR) is 124 cm³/mol. The number of nitrogens with one attached hydrogen (secondary N) is 1. The van der Waals surface area contributed by atoms with Gasteiger partial charge in [0.1, 0.15) is 5.82 Å². The highest BCUT2D eigenvalue weighted by molar-refractivity contribution is 7.15. The number of aromatic nitrogens is 1. The quantitative estimate of drug-likeness (QED) is 0.745. The third kappa shape index (κ3) is 5.83. The van der Waals surface area contributed by atoms with Crippen LogP contribution in [0.3, 0.4) is 0 Å². The number of piperazine rings is 1. The van der Waals surface area contributed by atoms with Gasteiger partial charge in [0, 0.05) is 56.8 Å². The molecule has 1 aromatic heterocycles. The molecule has 0 saturated carbocycles. The van der Waals surface area contributed by atoms with Gasteiger partial charge >= 0.3 is 6.03 Å². The van der Waals surface area contributed by atoms with Crippen molar-refractivity contribution in [3.63, 3.8) is 0 Å². The van der Waals surface area contributed by atoms with Crippen molar-refractivity contribution in [2.45, 2.75) is 32.6 Å². The van der Waals surface area contributed by atoms with Crippen molar-refractivity contribution in [2.75, 3.05) is 51.1 Å². The summed E-state index contributed by atoms with van der Waals surface area (Å²) < 4.78 is 13.8. The molecular weight excluding hydrogens is 429 g/mol. The Bertz CT molecular complexity index is 952. The number of urea groups is 1. The molecule has 2 saturated heterocycles. The maximum Gasteiger partial charge on any atom is 0.323 e. The molecule has 0 atom stereocenters. The van der Waals surface area contributed by atoms with E-state index in [0.717, 1.165) is 36.4 Å². The summed E-state index contributed by atoms with van der Waals surface area (Å²) in [6.45, 7) is 6.46.